The minimum absolute atomic E-state index is 0.243. The van der Waals surface area contributed by atoms with Crippen LogP contribution in [-0.2, 0) is 5.54 Å². The Morgan fingerprint density at radius 3 is 2.05 bits per heavy atom. The van der Waals surface area contributed by atoms with Crippen molar-refractivity contribution in [1.29, 1.82) is 0 Å². The Morgan fingerprint density at radius 1 is 0.703 bits per heavy atom. The van der Waals surface area contributed by atoms with Crippen molar-refractivity contribution in [2.24, 2.45) is 5.92 Å². The van der Waals surface area contributed by atoms with Gasteiger partial charge in [-0.3, -0.25) is 0 Å². The zero-order valence-electron chi connectivity index (χ0n) is 21.7. The molecule has 2 aliphatic rings. The monoisotopic (exact) mass is 481 g/mol. The lowest BCUT2D eigenvalue weighted by Crippen LogP contribution is -2.60. The fourth-order valence-corrected chi connectivity index (χ4v) is 7.35. The molecule has 1 fully saturated rings. The summed E-state index contributed by atoms with van der Waals surface area (Å²) in [7, 11) is 0. The number of aryl methyl sites for hydroxylation is 1. The van der Waals surface area contributed by atoms with Crippen LogP contribution in [0.15, 0.2) is 109 Å². The van der Waals surface area contributed by atoms with Crippen LogP contribution in [0.25, 0.3) is 28.3 Å². The number of hydrogen-bond acceptors (Lipinski definition) is 0. The highest BCUT2D eigenvalue weighted by Gasteiger charge is 2.58. The van der Waals surface area contributed by atoms with E-state index < -0.39 is 0 Å². The topological polar surface area (TPSA) is 8.81 Å². The molecule has 0 amide bonds. The van der Waals surface area contributed by atoms with Gasteiger partial charge in [-0.25, -0.2) is 4.57 Å². The molecule has 0 saturated heterocycles. The number of para-hydroxylation sites is 1. The van der Waals surface area contributed by atoms with Gasteiger partial charge in [0.1, 0.15) is 5.69 Å². The van der Waals surface area contributed by atoms with Gasteiger partial charge < -0.3 is 0 Å². The van der Waals surface area contributed by atoms with E-state index >= 15 is 0 Å². The zero-order valence-corrected chi connectivity index (χ0v) is 21.7. The average molecular weight is 482 g/mol. The Morgan fingerprint density at radius 2 is 1.32 bits per heavy atom. The van der Waals surface area contributed by atoms with E-state index in [1.807, 2.05) is 0 Å². The van der Waals surface area contributed by atoms with E-state index in [0.29, 0.717) is 5.92 Å². The minimum Gasteiger partial charge on any atom is -0.208 e. The van der Waals surface area contributed by atoms with Gasteiger partial charge in [0.05, 0.1) is 5.56 Å². The second-order valence-corrected chi connectivity index (χ2v) is 10.7. The average Bonchev–Trinajstić information content (AvgIpc) is 3.65. The van der Waals surface area contributed by atoms with Crippen molar-refractivity contribution in [2.45, 2.75) is 45.1 Å². The number of imidazole rings is 1. The lowest BCUT2D eigenvalue weighted by molar-refractivity contribution is -0.726. The van der Waals surface area contributed by atoms with Crippen LogP contribution in [0.4, 0.5) is 0 Å². The maximum atomic E-state index is 2.75. The third-order valence-electron chi connectivity index (χ3n) is 8.82. The largest absolute Gasteiger partial charge is 0.295 e. The molecule has 0 N–H and O–H groups in total. The van der Waals surface area contributed by atoms with Gasteiger partial charge in [-0.2, -0.15) is 4.57 Å². The van der Waals surface area contributed by atoms with Gasteiger partial charge >= 0.3 is 0 Å². The summed E-state index contributed by atoms with van der Waals surface area (Å²) in [5.41, 5.74) is 10.4. The van der Waals surface area contributed by atoms with Gasteiger partial charge in [0.2, 0.25) is 0 Å². The van der Waals surface area contributed by atoms with Crippen molar-refractivity contribution in [1.82, 2.24) is 4.57 Å². The predicted molar refractivity (Wildman–Crippen MR) is 151 cm³/mol. The summed E-state index contributed by atoms with van der Waals surface area (Å²) < 4.78 is 5.28. The summed E-state index contributed by atoms with van der Waals surface area (Å²) in [5, 5.41) is 0. The van der Waals surface area contributed by atoms with Crippen LogP contribution in [0, 0.1) is 19.8 Å². The third kappa shape index (κ3) is 3.08. The quantitative estimate of drug-likeness (QED) is 0.230. The van der Waals surface area contributed by atoms with E-state index in [1.165, 1.54) is 76.4 Å². The molecular weight excluding hydrogens is 448 g/mol. The number of fused-ring (bicyclic) bond motifs is 3. The summed E-state index contributed by atoms with van der Waals surface area (Å²) in [4.78, 5) is 0. The maximum Gasteiger partial charge on any atom is 0.295 e. The van der Waals surface area contributed by atoms with E-state index in [2.05, 4.69) is 132 Å². The Kier molecular flexibility index (Phi) is 5.18. The standard InChI is InChI=1S/C35H33N2/c1-25-15-9-14-24-32(25)36-26(2)33-30-22-12-13-23-31(30)35(29-20-10-11-21-29,28-18-7-4-8-19-28)37(33)34(36)27-16-5-3-6-17-27/h3-9,12-19,22-24,29H,10-11,20-21H2,1-2H3/q+1. The molecule has 1 aliphatic heterocycles. The summed E-state index contributed by atoms with van der Waals surface area (Å²) in [6.07, 6.45) is 5.10. The molecule has 5 aromatic rings. The molecule has 1 saturated carbocycles. The predicted octanol–water partition coefficient (Wildman–Crippen LogP) is 8.01. The SMILES string of the molecule is Cc1ccccc1-n1c(C)c2[n+](c1-c1ccccc1)C(c1ccccc1)(C1CCCC1)c1ccccc1-2. The molecular formula is C35H33N2+. The molecule has 2 heterocycles. The lowest BCUT2D eigenvalue weighted by atomic mass is 9.72. The fourth-order valence-electron chi connectivity index (χ4n) is 7.35. The smallest absolute Gasteiger partial charge is 0.208 e. The highest BCUT2D eigenvalue weighted by molar-refractivity contribution is 5.74. The Balaban J connectivity index is 1.70. The molecule has 1 aliphatic carbocycles. The molecule has 0 spiro atoms. The second-order valence-electron chi connectivity index (χ2n) is 10.7. The van der Waals surface area contributed by atoms with Crippen LogP contribution in [0.3, 0.4) is 0 Å². The van der Waals surface area contributed by atoms with Crippen molar-refractivity contribution in [3.63, 3.8) is 0 Å². The molecule has 2 nitrogen and oxygen atoms in total. The van der Waals surface area contributed by atoms with Gasteiger partial charge in [-0.05, 0) is 43.5 Å². The Bertz CT molecular complexity index is 1590. The maximum absolute atomic E-state index is 2.75. The second kappa shape index (κ2) is 8.59. The number of aromatic nitrogens is 2. The zero-order chi connectivity index (χ0) is 25.0. The molecule has 7 rings (SSSR count). The van der Waals surface area contributed by atoms with E-state index in [-0.39, 0.29) is 5.54 Å². The van der Waals surface area contributed by atoms with Crippen LogP contribution in [-0.4, -0.2) is 4.57 Å². The Labute approximate surface area is 219 Å². The lowest BCUT2D eigenvalue weighted by Gasteiger charge is -2.36. The van der Waals surface area contributed by atoms with Gasteiger partial charge in [0, 0.05) is 29.5 Å². The molecule has 1 aromatic heterocycles. The molecule has 2 heteroatoms. The fraction of sp³-hybridized carbons (Fsp3) is 0.229. The van der Waals surface area contributed by atoms with Crippen molar-refractivity contribution < 1.29 is 4.57 Å². The highest BCUT2D eigenvalue weighted by atomic mass is 15.2. The van der Waals surface area contributed by atoms with E-state index in [1.54, 1.807) is 0 Å². The summed E-state index contributed by atoms with van der Waals surface area (Å²) >= 11 is 0. The van der Waals surface area contributed by atoms with Crippen molar-refractivity contribution in [3.8, 4) is 28.3 Å². The third-order valence-corrected chi connectivity index (χ3v) is 8.82. The van der Waals surface area contributed by atoms with Gasteiger partial charge in [-0.1, -0.05) is 104 Å². The van der Waals surface area contributed by atoms with Crippen LogP contribution in [0.2, 0.25) is 0 Å². The normalized spacial score (nSPS) is 18.6. The summed E-state index contributed by atoms with van der Waals surface area (Å²) in [6.45, 7) is 4.55. The molecule has 1 atom stereocenters. The first kappa shape index (κ1) is 22.3. The highest BCUT2D eigenvalue weighted by Crippen LogP contribution is 2.53. The van der Waals surface area contributed by atoms with Crippen LogP contribution in [0.5, 0.6) is 0 Å². The van der Waals surface area contributed by atoms with Crippen molar-refractivity contribution in [3.05, 3.63) is 132 Å². The molecule has 0 bridgehead atoms. The minimum atomic E-state index is -0.243. The van der Waals surface area contributed by atoms with Crippen LogP contribution < -0.4 is 4.57 Å². The molecule has 0 radical (unpaired) electrons. The number of hydrogen-bond donors (Lipinski definition) is 0. The number of benzene rings is 4. The van der Waals surface area contributed by atoms with Gasteiger partial charge in [0.15, 0.2) is 16.9 Å². The Hall–Kier alpha value is -3.91. The number of rotatable bonds is 4. The van der Waals surface area contributed by atoms with E-state index in [9.17, 15) is 0 Å². The van der Waals surface area contributed by atoms with Crippen molar-refractivity contribution >= 4 is 0 Å². The van der Waals surface area contributed by atoms with E-state index in [4.69, 9.17) is 0 Å². The summed E-state index contributed by atoms with van der Waals surface area (Å²) in [5.74, 6) is 1.81. The first-order valence-electron chi connectivity index (χ1n) is 13.7. The molecule has 182 valence electrons. The van der Waals surface area contributed by atoms with Crippen LogP contribution in [0.1, 0.15) is 48.1 Å². The molecule has 37 heavy (non-hydrogen) atoms. The van der Waals surface area contributed by atoms with Crippen molar-refractivity contribution in [2.75, 3.05) is 0 Å². The van der Waals surface area contributed by atoms with Gasteiger partial charge in [-0.15, -0.1) is 0 Å². The van der Waals surface area contributed by atoms with Gasteiger partial charge in [0.25, 0.3) is 5.82 Å². The van der Waals surface area contributed by atoms with Crippen LogP contribution >= 0.6 is 0 Å². The van der Waals surface area contributed by atoms with E-state index in [0.717, 1.165) is 0 Å². The number of nitrogens with zero attached hydrogens (tertiary/aromatic N) is 2. The molecule has 4 aromatic carbocycles. The first-order chi connectivity index (χ1) is 18.2. The first-order valence-corrected chi connectivity index (χ1v) is 13.7. The molecule has 1 unspecified atom stereocenters. The summed E-state index contributed by atoms with van der Waals surface area (Å²) in [6, 6.07) is 40.4.